The molecule has 0 aromatic carbocycles. The number of aliphatic hydroxyl groups is 1. The van der Waals surface area contributed by atoms with E-state index in [2.05, 4.69) is 5.32 Å². The van der Waals surface area contributed by atoms with Crippen molar-refractivity contribution in [2.24, 2.45) is 5.92 Å². The van der Waals surface area contributed by atoms with E-state index >= 15 is 0 Å². The molecule has 0 rings (SSSR count). The average molecular weight is 454 g/mol. The molecular formula is C21H43NO9. The molecule has 0 aliphatic heterocycles. The second kappa shape index (κ2) is 23.8. The summed E-state index contributed by atoms with van der Waals surface area (Å²) in [7, 11) is 1.64. The summed E-state index contributed by atoms with van der Waals surface area (Å²) < 4.78 is 36.9. The van der Waals surface area contributed by atoms with E-state index in [9.17, 15) is 9.90 Å². The molecule has 0 saturated heterocycles. The first kappa shape index (κ1) is 30.1. The minimum Gasteiger partial charge on any atom is -0.394 e. The summed E-state index contributed by atoms with van der Waals surface area (Å²) in [5.74, 6) is 0.167. The van der Waals surface area contributed by atoms with Gasteiger partial charge in [-0.25, -0.2) is 0 Å². The summed E-state index contributed by atoms with van der Waals surface area (Å²) >= 11 is 0. The van der Waals surface area contributed by atoms with Gasteiger partial charge in [0.1, 0.15) is 6.61 Å². The first-order valence-corrected chi connectivity index (χ1v) is 11.0. The quantitative estimate of drug-likeness (QED) is 0.199. The van der Waals surface area contributed by atoms with Crippen LogP contribution in [0.2, 0.25) is 0 Å². The Hall–Kier alpha value is -0.850. The van der Waals surface area contributed by atoms with Gasteiger partial charge in [0.2, 0.25) is 5.91 Å². The summed E-state index contributed by atoms with van der Waals surface area (Å²) in [4.78, 5) is 11.7. The Kier molecular flexibility index (Phi) is 23.2. The van der Waals surface area contributed by atoms with E-state index < -0.39 is 0 Å². The minimum absolute atomic E-state index is 0.0453. The van der Waals surface area contributed by atoms with Crippen molar-refractivity contribution in [3.8, 4) is 0 Å². The molecule has 1 amide bonds. The standard InChI is InChI=1S/C21H43NO9/c1-19(2)16-20(17-23)22-21(24)18-31-15-14-30-13-12-29-11-10-28-9-8-27-7-6-26-5-4-25-3/h19-20,23H,4-18H2,1-3H3,(H,22,24). The molecule has 0 heterocycles. The van der Waals surface area contributed by atoms with Gasteiger partial charge in [-0.1, -0.05) is 13.8 Å². The zero-order valence-corrected chi connectivity index (χ0v) is 19.5. The normalized spacial score (nSPS) is 12.4. The Bertz CT molecular complexity index is 386. The number of amides is 1. The first-order valence-electron chi connectivity index (χ1n) is 11.0. The van der Waals surface area contributed by atoms with Crippen LogP contribution >= 0.6 is 0 Å². The minimum atomic E-state index is -0.233. The number of aliphatic hydroxyl groups excluding tert-OH is 1. The Labute approximate surface area is 186 Å². The maximum Gasteiger partial charge on any atom is 0.246 e. The summed E-state index contributed by atoms with van der Waals surface area (Å²) in [5.41, 5.74) is 0. The molecule has 1 unspecified atom stereocenters. The van der Waals surface area contributed by atoms with Gasteiger partial charge >= 0.3 is 0 Å². The van der Waals surface area contributed by atoms with Crippen LogP contribution in [-0.2, 0) is 38.0 Å². The number of hydrogen-bond acceptors (Lipinski definition) is 9. The molecule has 0 radical (unpaired) electrons. The third-order valence-corrected chi connectivity index (χ3v) is 3.87. The molecule has 186 valence electrons. The lowest BCUT2D eigenvalue weighted by atomic mass is 10.0. The van der Waals surface area contributed by atoms with Crippen molar-refractivity contribution < 1.29 is 43.1 Å². The molecule has 0 aliphatic rings. The lowest BCUT2D eigenvalue weighted by Gasteiger charge is -2.18. The van der Waals surface area contributed by atoms with Gasteiger partial charge in [-0.2, -0.15) is 0 Å². The van der Waals surface area contributed by atoms with E-state index in [0.29, 0.717) is 85.2 Å². The van der Waals surface area contributed by atoms with Gasteiger partial charge < -0.3 is 43.6 Å². The van der Waals surface area contributed by atoms with Gasteiger partial charge in [0, 0.05) is 7.11 Å². The van der Waals surface area contributed by atoms with E-state index in [1.54, 1.807) is 7.11 Å². The molecule has 0 bridgehead atoms. The molecule has 0 saturated carbocycles. The summed E-state index contributed by atoms with van der Waals surface area (Å²) in [6.45, 7) is 9.85. The first-order chi connectivity index (χ1) is 15.1. The predicted molar refractivity (Wildman–Crippen MR) is 115 cm³/mol. The van der Waals surface area contributed by atoms with Crippen molar-refractivity contribution in [1.82, 2.24) is 5.32 Å². The van der Waals surface area contributed by atoms with Crippen molar-refractivity contribution >= 4 is 5.91 Å². The molecule has 2 N–H and O–H groups in total. The fraction of sp³-hybridized carbons (Fsp3) is 0.952. The zero-order chi connectivity index (χ0) is 23.0. The van der Waals surface area contributed by atoms with Crippen LogP contribution in [-0.4, -0.2) is 117 Å². The van der Waals surface area contributed by atoms with Crippen molar-refractivity contribution in [2.75, 3.05) is 99.6 Å². The van der Waals surface area contributed by atoms with E-state index in [0.717, 1.165) is 6.42 Å². The largest absolute Gasteiger partial charge is 0.394 e. The molecule has 0 aliphatic carbocycles. The molecule has 31 heavy (non-hydrogen) atoms. The van der Waals surface area contributed by atoms with Gasteiger partial charge in [0.15, 0.2) is 0 Å². The summed E-state index contributed by atoms with van der Waals surface area (Å²) in [5, 5.41) is 12.0. The SMILES string of the molecule is COCCOCCOCCOCCOCCOCCOCC(=O)NC(CO)CC(C)C. The van der Waals surface area contributed by atoms with Crippen LogP contribution in [0.4, 0.5) is 0 Å². The molecule has 10 nitrogen and oxygen atoms in total. The number of methoxy groups -OCH3 is 1. The molecule has 0 aromatic heterocycles. The fourth-order valence-corrected chi connectivity index (χ4v) is 2.42. The van der Waals surface area contributed by atoms with Crippen molar-refractivity contribution in [3.63, 3.8) is 0 Å². The summed E-state index contributed by atoms with van der Waals surface area (Å²) in [6.07, 6.45) is 0.731. The lowest BCUT2D eigenvalue weighted by molar-refractivity contribution is -0.127. The van der Waals surface area contributed by atoms with Crippen molar-refractivity contribution in [3.05, 3.63) is 0 Å². The predicted octanol–water partition coefficient (Wildman–Crippen LogP) is 0.256. The third-order valence-electron chi connectivity index (χ3n) is 3.87. The molecule has 0 spiro atoms. The highest BCUT2D eigenvalue weighted by Gasteiger charge is 2.12. The smallest absolute Gasteiger partial charge is 0.246 e. The average Bonchev–Trinajstić information content (AvgIpc) is 2.74. The number of carbonyl (C=O) groups excluding carboxylic acids is 1. The zero-order valence-electron chi connectivity index (χ0n) is 19.5. The van der Waals surface area contributed by atoms with Crippen LogP contribution < -0.4 is 5.32 Å². The Balaban J connectivity index is 3.24. The van der Waals surface area contributed by atoms with Crippen molar-refractivity contribution in [1.29, 1.82) is 0 Å². The van der Waals surface area contributed by atoms with E-state index in [4.69, 9.17) is 33.2 Å². The van der Waals surface area contributed by atoms with Crippen LogP contribution in [0.15, 0.2) is 0 Å². The van der Waals surface area contributed by atoms with Crippen LogP contribution in [0.3, 0.4) is 0 Å². The molecule has 1 atom stereocenters. The Morgan fingerprint density at radius 1 is 0.710 bits per heavy atom. The highest BCUT2D eigenvalue weighted by Crippen LogP contribution is 2.03. The molecule has 10 heteroatoms. The maximum atomic E-state index is 11.7. The highest BCUT2D eigenvalue weighted by molar-refractivity contribution is 5.77. The molecule has 0 fully saturated rings. The van der Waals surface area contributed by atoms with E-state index in [-0.39, 0.29) is 25.2 Å². The third kappa shape index (κ3) is 23.6. The number of nitrogens with one attached hydrogen (secondary N) is 1. The summed E-state index contributed by atoms with van der Waals surface area (Å²) in [6, 6.07) is -0.230. The topological polar surface area (TPSA) is 114 Å². The number of ether oxygens (including phenoxy) is 7. The highest BCUT2D eigenvalue weighted by atomic mass is 16.6. The molecule has 0 aromatic rings. The van der Waals surface area contributed by atoms with Crippen LogP contribution in [0.5, 0.6) is 0 Å². The van der Waals surface area contributed by atoms with Gasteiger partial charge in [-0.3, -0.25) is 4.79 Å². The lowest BCUT2D eigenvalue weighted by Crippen LogP contribution is -2.40. The van der Waals surface area contributed by atoms with Crippen molar-refractivity contribution in [2.45, 2.75) is 26.3 Å². The Morgan fingerprint density at radius 2 is 1.10 bits per heavy atom. The van der Waals surface area contributed by atoms with E-state index in [1.807, 2.05) is 13.8 Å². The van der Waals surface area contributed by atoms with Gasteiger partial charge in [-0.05, 0) is 12.3 Å². The van der Waals surface area contributed by atoms with E-state index in [1.165, 1.54) is 0 Å². The maximum absolute atomic E-state index is 11.7. The van der Waals surface area contributed by atoms with Crippen LogP contribution in [0.25, 0.3) is 0 Å². The van der Waals surface area contributed by atoms with Gasteiger partial charge in [0.05, 0.1) is 91.9 Å². The monoisotopic (exact) mass is 453 g/mol. The van der Waals surface area contributed by atoms with Gasteiger partial charge in [0.25, 0.3) is 0 Å². The number of hydrogen-bond donors (Lipinski definition) is 2. The second-order valence-electron chi connectivity index (χ2n) is 7.18. The van der Waals surface area contributed by atoms with Gasteiger partial charge in [-0.15, -0.1) is 0 Å². The number of rotatable bonds is 24. The number of carbonyl (C=O) groups is 1. The fourth-order valence-electron chi connectivity index (χ4n) is 2.42. The second-order valence-corrected chi connectivity index (χ2v) is 7.18. The molecular weight excluding hydrogens is 410 g/mol. The van der Waals surface area contributed by atoms with Crippen LogP contribution in [0.1, 0.15) is 20.3 Å². The van der Waals surface area contributed by atoms with Crippen LogP contribution in [0, 0.1) is 5.92 Å². The Morgan fingerprint density at radius 3 is 1.45 bits per heavy atom.